The lowest BCUT2D eigenvalue weighted by Gasteiger charge is -2.35. The molecule has 100 valence electrons. The summed E-state index contributed by atoms with van der Waals surface area (Å²) < 4.78 is 19.4. The van der Waals surface area contributed by atoms with Crippen LogP contribution in [0.25, 0.3) is 0 Å². The zero-order valence-electron chi connectivity index (χ0n) is 11.2. The molecular formula is C15H22FNO. The Morgan fingerprint density at radius 1 is 1.44 bits per heavy atom. The van der Waals surface area contributed by atoms with E-state index in [1.165, 1.54) is 25.3 Å². The summed E-state index contributed by atoms with van der Waals surface area (Å²) in [5.41, 5.74) is 0.707. The normalized spacial score (nSPS) is 17.3. The Bertz CT molecular complexity index is 390. The van der Waals surface area contributed by atoms with Crippen molar-refractivity contribution in [2.45, 2.75) is 38.6 Å². The van der Waals surface area contributed by atoms with Gasteiger partial charge in [-0.25, -0.2) is 4.39 Å². The summed E-state index contributed by atoms with van der Waals surface area (Å²) in [4.78, 5) is 0. The van der Waals surface area contributed by atoms with Crippen molar-refractivity contribution >= 4 is 0 Å². The number of ether oxygens (including phenoxy) is 1. The summed E-state index contributed by atoms with van der Waals surface area (Å²) in [7, 11) is 1.61. The van der Waals surface area contributed by atoms with E-state index in [2.05, 4.69) is 12.2 Å². The summed E-state index contributed by atoms with van der Waals surface area (Å²) in [5.74, 6) is 1.05. The van der Waals surface area contributed by atoms with Crippen LogP contribution in [0.4, 0.5) is 4.39 Å². The molecule has 1 aliphatic rings. The minimum atomic E-state index is -0.158. The first-order chi connectivity index (χ1) is 8.77. The van der Waals surface area contributed by atoms with Crippen LogP contribution >= 0.6 is 0 Å². The van der Waals surface area contributed by atoms with Crippen LogP contribution in [0.5, 0.6) is 5.75 Å². The molecule has 0 radical (unpaired) electrons. The van der Waals surface area contributed by atoms with Crippen LogP contribution in [0, 0.1) is 11.7 Å². The van der Waals surface area contributed by atoms with Gasteiger partial charge in [0.1, 0.15) is 11.6 Å². The van der Waals surface area contributed by atoms with Crippen molar-refractivity contribution in [1.29, 1.82) is 0 Å². The number of nitrogens with one attached hydrogen (secondary N) is 1. The lowest BCUT2D eigenvalue weighted by molar-refractivity contribution is 0.222. The van der Waals surface area contributed by atoms with E-state index in [0.717, 1.165) is 13.0 Å². The number of rotatable bonds is 6. The minimum absolute atomic E-state index is 0.0925. The van der Waals surface area contributed by atoms with Gasteiger partial charge in [-0.2, -0.15) is 0 Å². The third kappa shape index (κ3) is 2.66. The van der Waals surface area contributed by atoms with Crippen molar-refractivity contribution < 1.29 is 9.13 Å². The number of benzene rings is 1. The van der Waals surface area contributed by atoms with E-state index in [4.69, 9.17) is 4.74 Å². The molecule has 0 aliphatic heterocycles. The Morgan fingerprint density at radius 3 is 2.78 bits per heavy atom. The SMILES string of the molecule is CCCNC(c1c(F)cccc1OC)C1CCC1. The topological polar surface area (TPSA) is 21.3 Å². The van der Waals surface area contributed by atoms with Crippen LogP contribution in [0.1, 0.15) is 44.2 Å². The van der Waals surface area contributed by atoms with E-state index in [9.17, 15) is 4.39 Å². The van der Waals surface area contributed by atoms with Crippen molar-refractivity contribution in [1.82, 2.24) is 5.32 Å². The Morgan fingerprint density at radius 2 is 2.22 bits per heavy atom. The predicted octanol–water partition coefficient (Wildman–Crippen LogP) is 3.68. The summed E-state index contributed by atoms with van der Waals surface area (Å²) in [6.45, 7) is 3.04. The quantitative estimate of drug-likeness (QED) is 0.832. The highest BCUT2D eigenvalue weighted by molar-refractivity contribution is 5.38. The first-order valence-corrected chi connectivity index (χ1v) is 6.83. The Balaban J connectivity index is 2.28. The molecule has 0 saturated heterocycles. The van der Waals surface area contributed by atoms with Gasteiger partial charge in [0.15, 0.2) is 0 Å². The maximum atomic E-state index is 14.1. The molecule has 1 N–H and O–H groups in total. The fourth-order valence-electron chi connectivity index (χ4n) is 2.57. The van der Waals surface area contributed by atoms with Gasteiger partial charge in [0.25, 0.3) is 0 Å². The number of hydrogen-bond donors (Lipinski definition) is 1. The van der Waals surface area contributed by atoms with Crippen LogP contribution in [0.2, 0.25) is 0 Å². The van der Waals surface area contributed by atoms with Crippen molar-refractivity contribution in [2.24, 2.45) is 5.92 Å². The van der Waals surface area contributed by atoms with Gasteiger partial charge in [-0.15, -0.1) is 0 Å². The van der Waals surface area contributed by atoms with Gasteiger partial charge in [0.2, 0.25) is 0 Å². The molecule has 1 atom stereocenters. The maximum absolute atomic E-state index is 14.1. The van der Waals surface area contributed by atoms with Gasteiger partial charge in [-0.3, -0.25) is 0 Å². The summed E-state index contributed by atoms with van der Waals surface area (Å²) >= 11 is 0. The summed E-state index contributed by atoms with van der Waals surface area (Å²) in [5, 5.41) is 3.48. The third-order valence-corrected chi connectivity index (χ3v) is 3.78. The molecule has 2 nitrogen and oxygen atoms in total. The van der Waals surface area contributed by atoms with Gasteiger partial charge < -0.3 is 10.1 Å². The van der Waals surface area contributed by atoms with E-state index in [1.54, 1.807) is 13.2 Å². The fraction of sp³-hybridized carbons (Fsp3) is 0.600. The summed E-state index contributed by atoms with van der Waals surface area (Å²) in [6, 6.07) is 5.17. The van der Waals surface area contributed by atoms with E-state index >= 15 is 0 Å². The molecule has 1 fully saturated rings. The van der Waals surface area contributed by atoms with Gasteiger partial charge >= 0.3 is 0 Å². The smallest absolute Gasteiger partial charge is 0.131 e. The highest BCUT2D eigenvalue weighted by Gasteiger charge is 2.31. The van der Waals surface area contributed by atoms with Crippen molar-refractivity contribution in [3.05, 3.63) is 29.6 Å². The molecule has 0 amide bonds. The average molecular weight is 251 g/mol. The molecule has 0 aromatic heterocycles. The Labute approximate surface area is 109 Å². The number of methoxy groups -OCH3 is 1. The van der Waals surface area contributed by atoms with Gasteiger partial charge in [0.05, 0.1) is 7.11 Å². The second-order valence-corrected chi connectivity index (χ2v) is 4.98. The molecule has 1 aliphatic carbocycles. The molecule has 0 bridgehead atoms. The van der Waals surface area contributed by atoms with E-state index in [0.29, 0.717) is 17.2 Å². The second kappa shape index (κ2) is 6.19. The van der Waals surface area contributed by atoms with E-state index in [1.807, 2.05) is 6.07 Å². The molecule has 3 heteroatoms. The molecule has 1 unspecified atom stereocenters. The monoisotopic (exact) mass is 251 g/mol. The highest BCUT2D eigenvalue weighted by atomic mass is 19.1. The van der Waals surface area contributed by atoms with E-state index in [-0.39, 0.29) is 11.9 Å². The van der Waals surface area contributed by atoms with Crippen LogP contribution in [0.3, 0.4) is 0 Å². The zero-order valence-corrected chi connectivity index (χ0v) is 11.2. The Kier molecular flexibility index (Phi) is 4.59. The second-order valence-electron chi connectivity index (χ2n) is 4.98. The first-order valence-electron chi connectivity index (χ1n) is 6.83. The standard InChI is InChI=1S/C15H22FNO/c1-3-10-17-15(11-6-4-7-11)14-12(16)8-5-9-13(14)18-2/h5,8-9,11,15,17H,3-4,6-7,10H2,1-2H3. The third-order valence-electron chi connectivity index (χ3n) is 3.78. The lowest BCUT2D eigenvalue weighted by atomic mass is 9.76. The first kappa shape index (κ1) is 13.3. The van der Waals surface area contributed by atoms with Gasteiger partial charge in [-0.05, 0) is 43.9 Å². The van der Waals surface area contributed by atoms with Crippen molar-refractivity contribution in [3.63, 3.8) is 0 Å². The molecule has 0 spiro atoms. The largest absolute Gasteiger partial charge is 0.496 e. The molecule has 1 aromatic carbocycles. The molecule has 1 saturated carbocycles. The fourth-order valence-corrected chi connectivity index (χ4v) is 2.57. The van der Waals surface area contributed by atoms with Crippen molar-refractivity contribution in [3.8, 4) is 5.75 Å². The van der Waals surface area contributed by atoms with Gasteiger partial charge in [-0.1, -0.05) is 19.4 Å². The molecule has 18 heavy (non-hydrogen) atoms. The van der Waals surface area contributed by atoms with Crippen LogP contribution in [-0.4, -0.2) is 13.7 Å². The lowest BCUT2D eigenvalue weighted by Crippen LogP contribution is -2.33. The molecule has 1 aromatic rings. The maximum Gasteiger partial charge on any atom is 0.131 e. The summed E-state index contributed by atoms with van der Waals surface area (Å²) in [6.07, 6.45) is 4.67. The van der Waals surface area contributed by atoms with Crippen molar-refractivity contribution in [2.75, 3.05) is 13.7 Å². The minimum Gasteiger partial charge on any atom is -0.496 e. The average Bonchev–Trinajstić information content (AvgIpc) is 2.32. The predicted molar refractivity (Wildman–Crippen MR) is 71.3 cm³/mol. The molecular weight excluding hydrogens is 229 g/mol. The van der Waals surface area contributed by atoms with Crippen LogP contribution in [-0.2, 0) is 0 Å². The zero-order chi connectivity index (χ0) is 13.0. The van der Waals surface area contributed by atoms with Crippen LogP contribution < -0.4 is 10.1 Å². The molecule has 2 rings (SSSR count). The highest BCUT2D eigenvalue weighted by Crippen LogP contribution is 2.41. The van der Waals surface area contributed by atoms with E-state index < -0.39 is 0 Å². The van der Waals surface area contributed by atoms with Crippen LogP contribution in [0.15, 0.2) is 18.2 Å². The van der Waals surface area contributed by atoms with Gasteiger partial charge in [0, 0.05) is 11.6 Å². The number of halogens is 1. The Hall–Kier alpha value is -1.09. The molecule has 0 heterocycles. The number of hydrogen-bond acceptors (Lipinski definition) is 2.